The molecule has 0 aromatic heterocycles. The van der Waals surface area contributed by atoms with Crippen LogP contribution in [0.4, 0.5) is 5.69 Å². The standard InChI is InChI=1S/C16H24N2O2/c1-3-18(4-2)16(19)13-5-7-14(8-6-13)17-15-9-11-20-12-10-15/h5-8,15,17H,3-4,9-12H2,1-2H3. The summed E-state index contributed by atoms with van der Waals surface area (Å²) < 4.78 is 5.35. The smallest absolute Gasteiger partial charge is 0.253 e. The lowest BCUT2D eigenvalue weighted by Crippen LogP contribution is -2.30. The summed E-state index contributed by atoms with van der Waals surface area (Å²) in [7, 11) is 0. The van der Waals surface area contributed by atoms with Gasteiger partial charge in [0.2, 0.25) is 0 Å². The molecular formula is C16H24N2O2. The van der Waals surface area contributed by atoms with E-state index in [2.05, 4.69) is 5.32 Å². The molecule has 0 spiro atoms. The molecule has 1 N–H and O–H groups in total. The zero-order valence-corrected chi connectivity index (χ0v) is 12.4. The van der Waals surface area contributed by atoms with E-state index in [1.54, 1.807) is 0 Å². The largest absolute Gasteiger partial charge is 0.382 e. The topological polar surface area (TPSA) is 41.6 Å². The van der Waals surface area contributed by atoms with Crippen molar-refractivity contribution in [3.05, 3.63) is 29.8 Å². The number of nitrogens with zero attached hydrogens (tertiary/aromatic N) is 1. The Morgan fingerprint density at radius 3 is 2.35 bits per heavy atom. The van der Waals surface area contributed by atoms with Crippen LogP contribution < -0.4 is 5.32 Å². The number of rotatable bonds is 5. The number of amides is 1. The lowest BCUT2D eigenvalue weighted by Gasteiger charge is -2.24. The van der Waals surface area contributed by atoms with E-state index in [0.717, 1.165) is 50.4 Å². The summed E-state index contributed by atoms with van der Waals surface area (Å²) in [4.78, 5) is 14.0. The van der Waals surface area contributed by atoms with Gasteiger partial charge in [-0.3, -0.25) is 4.79 Å². The van der Waals surface area contributed by atoms with Gasteiger partial charge in [-0.2, -0.15) is 0 Å². The van der Waals surface area contributed by atoms with Crippen LogP contribution in [0.2, 0.25) is 0 Å². The minimum absolute atomic E-state index is 0.104. The van der Waals surface area contributed by atoms with Crippen molar-refractivity contribution >= 4 is 11.6 Å². The molecule has 0 aliphatic carbocycles. The third kappa shape index (κ3) is 3.73. The summed E-state index contributed by atoms with van der Waals surface area (Å²) in [5, 5.41) is 3.50. The Morgan fingerprint density at radius 1 is 1.20 bits per heavy atom. The minimum atomic E-state index is 0.104. The molecule has 1 aliphatic rings. The van der Waals surface area contributed by atoms with Crippen LogP contribution in [0.15, 0.2) is 24.3 Å². The molecule has 110 valence electrons. The molecule has 1 heterocycles. The highest BCUT2D eigenvalue weighted by Crippen LogP contribution is 2.16. The van der Waals surface area contributed by atoms with Crippen LogP contribution >= 0.6 is 0 Å². The van der Waals surface area contributed by atoms with Crippen molar-refractivity contribution in [2.75, 3.05) is 31.6 Å². The van der Waals surface area contributed by atoms with Gasteiger partial charge in [0.15, 0.2) is 0 Å². The lowest BCUT2D eigenvalue weighted by atomic mass is 10.1. The zero-order chi connectivity index (χ0) is 14.4. The van der Waals surface area contributed by atoms with E-state index in [9.17, 15) is 4.79 Å². The summed E-state index contributed by atoms with van der Waals surface area (Å²) in [5.41, 5.74) is 1.83. The first-order chi connectivity index (χ1) is 9.74. The van der Waals surface area contributed by atoms with Crippen molar-refractivity contribution in [1.29, 1.82) is 0 Å². The van der Waals surface area contributed by atoms with Crippen LogP contribution in [0.3, 0.4) is 0 Å². The molecule has 0 unspecified atom stereocenters. The van der Waals surface area contributed by atoms with Gasteiger partial charge in [0.1, 0.15) is 0 Å². The normalized spacial score (nSPS) is 15.9. The average Bonchev–Trinajstić information content (AvgIpc) is 2.50. The highest BCUT2D eigenvalue weighted by atomic mass is 16.5. The van der Waals surface area contributed by atoms with Gasteiger partial charge in [0, 0.05) is 43.6 Å². The number of benzene rings is 1. The molecule has 1 aromatic carbocycles. The number of anilines is 1. The Hall–Kier alpha value is -1.55. The Labute approximate surface area is 121 Å². The fourth-order valence-electron chi connectivity index (χ4n) is 2.48. The third-order valence-electron chi connectivity index (χ3n) is 3.77. The predicted molar refractivity (Wildman–Crippen MR) is 81.2 cm³/mol. The average molecular weight is 276 g/mol. The van der Waals surface area contributed by atoms with Crippen molar-refractivity contribution in [2.24, 2.45) is 0 Å². The molecule has 20 heavy (non-hydrogen) atoms. The molecule has 0 bridgehead atoms. The van der Waals surface area contributed by atoms with Crippen molar-refractivity contribution in [1.82, 2.24) is 4.90 Å². The van der Waals surface area contributed by atoms with Gasteiger partial charge in [-0.1, -0.05) is 0 Å². The second-order valence-corrected chi connectivity index (χ2v) is 5.09. The molecule has 2 rings (SSSR count). The summed E-state index contributed by atoms with van der Waals surface area (Å²) in [6, 6.07) is 8.27. The zero-order valence-electron chi connectivity index (χ0n) is 12.4. The van der Waals surface area contributed by atoms with Gasteiger partial charge in [0.25, 0.3) is 5.91 Å². The van der Waals surface area contributed by atoms with E-state index in [0.29, 0.717) is 6.04 Å². The number of ether oxygens (including phenoxy) is 1. The quantitative estimate of drug-likeness (QED) is 0.899. The van der Waals surface area contributed by atoms with E-state index < -0.39 is 0 Å². The Kier molecular flexibility index (Phi) is 5.41. The monoisotopic (exact) mass is 276 g/mol. The van der Waals surface area contributed by atoms with E-state index in [4.69, 9.17) is 4.74 Å². The van der Waals surface area contributed by atoms with Crippen molar-refractivity contribution in [3.63, 3.8) is 0 Å². The van der Waals surface area contributed by atoms with Crippen molar-refractivity contribution < 1.29 is 9.53 Å². The minimum Gasteiger partial charge on any atom is -0.382 e. The van der Waals surface area contributed by atoms with E-state index in [1.165, 1.54) is 0 Å². The van der Waals surface area contributed by atoms with Crippen LogP contribution in [-0.4, -0.2) is 43.2 Å². The maximum absolute atomic E-state index is 12.2. The van der Waals surface area contributed by atoms with Crippen LogP contribution in [0.25, 0.3) is 0 Å². The highest BCUT2D eigenvalue weighted by Gasteiger charge is 2.14. The Bertz CT molecular complexity index is 421. The summed E-state index contributed by atoms with van der Waals surface area (Å²) in [5.74, 6) is 0.104. The molecule has 4 nitrogen and oxygen atoms in total. The predicted octanol–water partition coefficient (Wildman–Crippen LogP) is 2.76. The Morgan fingerprint density at radius 2 is 1.80 bits per heavy atom. The third-order valence-corrected chi connectivity index (χ3v) is 3.77. The fraction of sp³-hybridized carbons (Fsp3) is 0.562. The maximum Gasteiger partial charge on any atom is 0.253 e. The molecule has 1 amide bonds. The highest BCUT2D eigenvalue weighted by molar-refractivity contribution is 5.94. The summed E-state index contributed by atoms with van der Waals surface area (Å²) in [6.07, 6.45) is 2.08. The van der Waals surface area contributed by atoms with Gasteiger partial charge in [0.05, 0.1) is 0 Å². The number of carbonyl (C=O) groups is 1. The van der Waals surface area contributed by atoms with Crippen LogP contribution in [0.5, 0.6) is 0 Å². The molecule has 0 atom stereocenters. The van der Waals surface area contributed by atoms with E-state index >= 15 is 0 Å². The second kappa shape index (κ2) is 7.29. The number of hydrogen-bond acceptors (Lipinski definition) is 3. The van der Waals surface area contributed by atoms with Crippen molar-refractivity contribution in [3.8, 4) is 0 Å². The van der Waals surface area contributed by atoms with Gasteiger partial charge >= 0.3 is 0 Å². The van der Waals surface area contributed by atoms with Gasteiger partial charge in [-0.15, -0.1) is 0 Å². The first-order valence-electron chi connectivity index (χ1n) is 7.48. The molecule has 4 heteroatoms. The number of carbonyl (C=O) groups excluding carboxylic acids is 1. The molecule has 0 saturated carbocycles. The first kappa shape index (κ1) is 14.9. The van der Waals surface area contributed by atoms with Crippen LogP contribution in [0, 0.1) is 0 Å². The van der Waals surface area contributed by atoms with Crippen LogP contribution in [-0.2, 0) is 4.74 Å². The number of hydrogen-bond donors (Lipinski definition) is 1. The molecule has 1 saturated heterocycles. The molecule has 1 aliphatic heterocycles. The SMILES string of the molecule is CCN(CC)C(=O)c1ccc(NC2CCOCC2)cc1. The van der Waals surface area contributed by atoms with Gasteiger partial charge in [-0.25, -0.2) is 0 Å². The van der Waals surface area contributed by atoms with E-state index in [1.807, 2.05) is 43.0 Å². The lowest BCUT2D eigenvalue weighted by molar-refractivity contribution is 0.0773. The molecule has 1 fully saturated rings. The van der Waals surface area contributed by atoms with Crippen LogP contribution in [0.1, 0.15) is 37.0 Å². The summed E-state index contributed by atoms with van der Waals surface area (Å²) >= 11 is 0. The number of nitrogens with one attached hydrogen (secondary N) is 1. The molecular weight excluding hydrogens is 252 g/mol. The first-order valence-corrected chi connectivity index (χ1v) is 7.48. The second-order valence-electron chi connectivity index (χ2n) is 5.09. The Balaban J connectivity index is 1.96. The van der Waals surface area contributed by atoms with Gasteiger partial charge < -0.3 is 15.0 Å². The maximum atomic E-state index is 12.2. The fourth-order valence-corrected chi connectivity index (χ4v) is 2.48. The van der Waals surface area contributed by atoms with E-state index in [-0.39, 0.29) is 5.91 Å². The van der Waals surface area contributed by atoms with Crippen molar-refractivity contribution in [2.45, 2.75) is 32.7 Å². The molecule has 1 aromatic rings. The van der Waals surface area contributed by atoms with Gasteiger partial charge in [-0.05, 0) is 51.0 Å². The molecule has 0 radical (unpaired) electrons. The summed E-state index contributed by atoms with van der Waals surface area (Å²) in [6.45, 7) is 7.16.